The highest BCUT2D eigenvalue weighted by Crippen LogP contribution is 2.52. The van der Waals surface area contributed by atoms with Gasteiger partial charge in [0, 0.05) is 22.9 Å². The monoisotopic (exact) mass is 623 g/mol. The van der Waals surface area contributed by atoms with Crippen LogP contribution in [0.25, 0.3) is 0 Å². The summed E-state index contributed by atoms with van der Waals surface area (Å²) in [5, 5.41) is 23.6. The number of aromatic hydroxyl groups is 1. The number of nitrogens with zero attached hydrogens (tertiary/aromatic N) is 2. The number of ether oxygens (including phenoxy) is 1. The molecule has 8 nitrogen and oxygen atoms in total. The Morgan fingerprint density at radius 2 is 1.82 bits per heavy atom. The number of rotatable bonds is 5. The standard InChI is InChI=1S/C35H30FN3O5S/c1-35(2)18-28-33(45(42,43)21-35)32(26-15-14-25(17-27(26)36)44-20-22-8-4-3-5-9-22)39(29-12-7-13-30(40)31(29)38-28)34(41)24-11-6-10-23(16-24)19-37/h3-17,32,38,40H,18,20-21H2,1-2H3. The molecule has 1 amide bonds. The zero-order valence-electron chi connectivity index (χ0n) is 24.6. The SMILES string of the molecule is CC1(C)CC2=C(C(c3ccc(OCc4ccccc4)cc3F)N(C(=O)c3cccc(C#N)c3)c3cccc(O)c3N2)S(=O)(=O)C1. The molecule has 2 aliphatic rings. The van der Waals surface area contributed by atoms with Gasteiger partial charge in [0.25, 0.3) is 5.91 Å². The highest BCUT2D eigenvalue weighted by atomic mass is 32.2. The first kappa shape index (κ1) is 29.9. The summed E-state index contributed by atoms with van der Waals surface area (Å²) in [6, 6.07) is 24.6. The molecule has 4 aromatic rings. The van der Waals surface area contributed by atoms with E-state index >= 15 is 4.39 Å². The van der Waals surface area contributed by atoms with Crippen molar-refractivity contribution in [2.45, 2.75) is 32.9 Å². The largest absolute Gasteiger partial charge is 0.506 e. The number of phenolic OH excluding ortho intramolecular Hbond substituents is 1. The van der Waals surface area contributed by atoms with Crippen LogP contribution in [0.15, 0.2) is 102 Å². The van der Waals surface area contributed by atoms with Gasteiger partial charge < -0.3 is 15.2 Å². The van der Waals surface area contributed by atoms with Crippen LogP contribution < -0.4 is 15.0 Å². The van der Waals surface area contributed by atoms with Crippen LogP contribution in [-0.4, -0.2) is 25.2 Å². The Morgan fingerprint density at radius 1 is 1.07 bits per heavy atom. The molecule has 0 aromatic heterocycles. The van der Waals surface area contributed by atoms with E-state index in [9.17, 15) is 23.6 Å². The molecule has 2 heterocycles. The number of halogens is 1. The van der Waals surface area contributed by atoms with Gasteiger partial charge in [0.15, 0.2) is 9.84 Å². The third-order valence-corrected chi connectivity index (χ3v) is 10.2. The van der Waals surface area contributed by atoms with Crippen molar-refractivity contribution >= 4 is 27.1 Å². The van der Waals surface area contributed by atoms with Crippen molar-refractivity contribution in [3.63, 3.8) is 0 Å². The molecule has 2 N–H and O–H groups in total. The zero-order chi connectivity index (χ0) is 31.9. The van der Waals surface area contributed by atoms with E-state index in [1.807, 2.05) is 50.2 Å². The normalized spacial score (nSPS) is 18.1. The van der Waals surface area contributed by atoms with Crippen LogP contribution in [0.5, 0.6) is 11.5 Å². The van der Waals surface area contributed by atoms with Crippen LogP contribution >= 0.6 is 0 Å². The number of phenols is 1. The summed E-state index contributed by atoms with van der Waals surface area (Å²) in [6.07, 6.45) is 0.262. The van der Waals surface area contributed by atoms with Gasteiger partial charge in [-0.25, -0.2) is 12.8 Å². The van der Waals surface area contributed by atoms with Crippen molar-refractivity contribution in [2.24, 2.45) is 5.41 Å². The number of fused-ring (bicyclic) bond motifs is 1. The number of hydrogen-bond acceptors (Lipinski definition) is 7. The second-order valence-electron chi connectivity index (χ2n) is 12.0. The summed E-state index contributed by atoms with van der Waals surface area (Å²) in [5.74, 6) is -1.67. The molecule has 1 atom stereocenters. The first-order valence-corrected chi connectivity index (χ1v) is 16.0. The Balaban J connectivity index is 1.57. The van der Waals surface area contributed by atoms with Crippen LogP contribution in [0.2, 0.25) is 0 Å². The van der Waals surface area contributed by atoms with E-state index in [1.165, 1.54) is 41.3 Å². The van der Waals surface area contributed by atoms with Crippen LogP contribution in [-0.2, 0) is 16.4 Å². The molecule has 45 heavy (non-hydrogen) atoms. The van der Waals surface area contributed by atoms with Crippen molar-refractivity contribution in [1.29, 1.82) is 5.26 Å². The first-order valence-electron chi connectivity index (χ1n) is 14.3. The fourth-order valence-corrected chi connectivity index (χ4v) is 8.39. The van der Waals surface area contributed by atoms with Gasteiger partial charge in [0.1, 0.15) is 35.7 Å². The molecule has 0 radical (unpaired) electrons. The predicted octanol–water partition coefficient (Wildman–Crippen LogP) is 6.85. The molecule has 0 aliphatic carbocycles. The summed E-state index contributed by atoms with van der Waals surface area (Å²) in [6.45, 7) is 3.83. The highest BCUT2D eigenvalue weighted by molar-refractivity contribution is 7.95. The van der Waals surface area contributed by atoms with Crippen molar-refractivity contribution in [3.05, 3.63) is 130 Å². The Hall–Kier alpha value is -5.14. The molecule has 1 unspecified atom stereocenters. The second kappa shape index (κ2) is 11.4. The van der Waals surface area contributed by atoms with Gasteiger partial charge in [-0.1, -0.05) is 56.3 Å². The lowest BCUT2D eigenvalue weighted by molar-refractivity contribution is 0.0980. The lowest BCUT2D eigenvalue weighted by Crippen LogP contribution is -2.41. The maximum Gasteiger partial charge on any atom is 0.259 e. The van der Waals surface area contributed by atoms with Gasteiger partial charge >= 0.3 is 0 Å². The van der Waals surface area contributed by atoms with E-state index in [-0.39, 0.29) is 68.9 Å². The van der Waals surface area contributed by atoms with Crippen LogP contribution in [0, 0.1) is 22.6 Å². The summed E-state index contributed by atoms with van der Waals surface area (Å²) < 4.78 is 50.5. The fourth-order valence-electron chi connectivity index (χ4n) is 6.03. The van der Waals surface area contributed by atoms with Crippen molar-refractivity contribution < 1.29 is 27.4 Å². The Kier molecular flexibility index (Phi) is 7.59. The summed E-state index contributed by atoms with van der Waals surface area (Å²) in [7, 11) is -4.09. The smallest absolute Gasteiger partial charge is 0.259 e. The van der Waals surface area contributed by atoms with Crippen molar-refractivity contribution in [3.8, 4) is 17.6 Å². The van der Waals surface area contributed by atoms with Gasteiger partial charge in [-0.05, 0) is 59.9 Å². The summed E-state index contributed by atoms with van der Waals surface area (Å²) >= 11 is 0. The van der Waals surface area contributed by atoms with Crippen molar-refractivity contribution in [2.75, 3.05) is 16.0 Å². The molecule has 228 valence electrons. The number of allylic oxidation sites excluding steroid dienone is 1. The lowest BCUT2D eigenvalue weighted by atomic mass is 9.88. The molecule has 0 spiro atoms. The number of para-hydroxylation sites is 1. The number of nitriles is 1. The molecular weight excluding hydrogens is 593 g/mol. The zero-order valence-corrected chi connectivity index (χ0v) is 25.4. The Bertz CT molecular complexity index is 2000. The molecule has 6 rings (SSSR count). The van der Waals surface area contributed by atoms with E-state index in [4.69, 9.17) is 4.74 Å². The fraction of sp³-hybridized carbons (Fsp3) is 0.200. The van der Waals surface area contributed by atoms with E-state index in [1.54, 1.807) is 24.3 Å². The van der Waals surface area contributed by atoms with E-state index in [0.717, 1.165) is 5.56 Å². The van der Waals surface area contributed by atoms with Gasteiger partial charge in [0.05, 0.1) is 28.0 Å². The Morgan fingerprint density at radius 3 is 2.56 bits per heavy atom. The summed E-state index contributed by atoms with van der Waals surface area (Å²) in [5.41, 5.74) is 0.980. The van der Waals surface area contributed by atoms with E-state index in [0.29, 0.717) is 0 Å². The number of nitrogens with one attached hydrogen (secondary N) is 1. The topological polar surface area (TPSA) is 120 Å². The Labute approximate surface area is 260 Å². The first-order chi connectivity index (χ1) is 21.5. The molecule has 2 aliphatic heterocycles. The molecule has 0 saturated heterocycles. The quantitative estimate of drug-likeness (QED) is 0.233. The number of carbonyl (C=O) groups is 1. The second-order valence-corrected chi connectivity index (χ2v) is 13.9. The third-order valence-electron chi connectivity index (χ3n) is 7.90. The molecule has 10 heteroatoms. The third kappa shape index (κ3) is 5.75. The molecule has 0 saturated carbocycles. The lowest BCUT2D eigenvalue weighted by Gasteiger charge is -2.37. The van der Waals surface area contributed by atoms with Gasteiger partial charge in [-0.3, -0.25) is 9.69 Å². The maximum absolute atomic E-state index is 16.3. The molecular formula is C35H30FN3O5S. The minimum atomic E-state index is -4.09. The van der Waals surface area contributed by atoms with Gasteiger partial charge in [0.2, 0.25) is 0 Å². The number of benzene rings is 4. The average Bonchev–Trinajstić information content (AvgIpc) is 3.15. The number of hydrogen-bond donors (Lipinski definition) is 2. The molecule has 0 bridgehead atoms. The van der Waals surface area contributed by atoms with Crippen LogP contribution in [0.1, 0.15) is 53.4 Å². The minimum Gasteiger partial charge on any atom is -0.506 e. The van der Waals surface area contributed by atoms with E-state index < -0.39 is 33.0 Å². The predicted molar refractivity (Wildman–Crippen MR) is 169 cm³/mol. The van der Waals surface area contributed by atoms with E-state index in [2.05, 4.69) is 5.32 Å². The van der Waals surface area contributed by atoms with Crippen molar-refractivity contribution in [1.82, 2.24) is 0 Å². The number of sulfone groups is 1. The number of carbonyl (C=O) groups excluding carboxylic acids is 1. The minimum absolute atomic E-state index is 0.0689. The maximum atomic E-state index is 16.3. The van der Waals surface area contributed by atoms with Gasteiger partial charge in [-0.2, -0.15) is 5.26 Å². The molecule has 4 aromatic carbocycles. The molecule has 0 fully saturated rings. The summed E-state index contributed by atoms with van der Waals surface area (Å²) in [4.78, 5) is 15.5. The average molecular weight is 624 g/mol. The number of amides is 1. The highest BCUT2D eigenvalue weighted by Gasteiger charge is 2.48. The van der Waals surface area contributed by atoms with Gasteiger partial charge in [-0.15, -0.1) is 0 Å². The van der Waals surface area contributed by atoms with Crippen LogP contribution in [0.3, 0.4) is 0 Å². The van der Waals surface area contributed by atoms with Crippen LogP contribution in [0.4, 0.5) is 15.8 Å². The number of anilines is 2.